The third-order valence-electron chi connectivity index (χ3n) is 3.23. The van der Waals surface area contributed by atoms with E-state index in [2.05, 4.69) is 29.6 Å². The van der Waals surface area contributed by atoms with Crippen LogP contribution < -0.4 is 5.32 Å². The van der Waals surface area contributed by atoms with Gasteiger partial charge in [-0.1, -0.05) is 47.5 Å². The van der Waals surface area contributed by atoms with Gasteiger partial charge in [-0.25, -0.2) is 0 Å². The molecule has 1 heterocycles. The molecule has 3 rings (SSSR count). The molecule has 2 aromatic carbocycles. The Morgan fingerprint density at radius 1 is 1.05 bits per heavy atom. The van der Waals surface area contributed by atoms with Gasteiger partial charge in [-0.15, -0.1) is 0 Å². The summed E-state index contributed by atoms with van der Waals surface area (Å²) in [5.74, 6) is 2.16. The Morgan fingerprint density at radius 2 is 1.89 bits per heavy atom. The number of hydrogen-bond donors (Lipinski definition) is 1. The lowest BCUT2D eigenvalue weighted by Gasteiger charge is -2.27. The number of benzene rings is 2. The molecule has 0 fully saturated rings. The van der Waals surface area contributed by atoms with Crippen LogP contribution >= 0.6 is 35.0 Å². The van der Waals surface area contributed by atoms with E-state index in [1.807, 2.05) is 30.0 Å². The van der Waals surface area contributed by atoms with Gasteiger partial charge in [0.05, 0.1) is 16.1 Å². The fraction of sp³-hybridized carbons (Fsp3) is 0.200. The van der Waals surface area contributed by atoms with Gasteiger partial charge in [0.2, 0.25) is 0 Å². The van der Waals surface area contributed by atoms with Gasteiger partial charge >= 0.3 is 0 Å². The van der Waals surface area contributed by atoms with E-state index in [9.17, 15) is 0 Å². The monoisotopic (exact) mass is 309 g/mol. The summed E-state index contributed by atoms with van der Waals surface area (Å²) in [6, 6.07) is 14.6. The summed E-state index contributed by atoms with van der Waals surface area (Å²) in [5.41, 5.74) is 3.81. The molecule has 98 valence electrons. The number of nitrogens with one attached hydrogen (secondary N) is 1. The summed E-state index contributed by atoms with van der Waals surface area (Å²) in [4.78, 5) is 0. The molecule has 4 heteroatoms. The number of anilines is 1. The van der Waals surface area contributed by atoms with Crippen LogP contribution in [0.25, 0.3) is 0 Å². The number of thioether (sulfide) groups is 1. The van der Waals surface area contributed by atoms with Crippen LogP contribution in [-0.2, 0) is 5.75 Å². The average molecular weight is 310 g/mol. The van der Waals surface area contributed by atoms with Crippen molar-refractivity contribution in [3.63, 3.8) is 0 Å². The first kappa shape index (κ1) is 13.2. The van der Waals surface area contributed by atoms with Gasteiger partial charge in [0.25, 0.3) is 0 Å². The van der Waals surface area contributed by atoms with E-state index in [1.165, 1.54) is 11.1 Å². The maximum absolute atomic E-state index is 6.05. The van der Waals surface area contributed by atoms with Crippen molar-refractivity contribution in [3.8, 4) is 0 Å². The maximum Gasteiger partial charge on any atom is 0.0612 e. The van der Waals surface area contributed by atoms with Crippen LogP contribution in [0, 0.1) is 0 Å². The smallest absolute Gasteiger partial charge is 0.0612 e. The second kappa shape index (κ2) is 5.66. The van der Waals surface area contributed by atoms with Crippen molar-refractivity contribution in [1.82, 2.24) is 0 Å². The summed E-state index contributed by atoms with van der Waals surface area (Å²) in [5, 5.41) is 4.72. The van der Waals surface area contributed by atoms with Crippen LogP contribution in [0.15, 0.2) is 42.5 Å². The normalized spacial score (nSPS) is 17.9. The molecule has 0 saturated carbocycles. The quantitative estimate of drug-likeness (QED) is 0.797. The Labute approximate surface area is 127 Å². The largest absolute Gasteiger partial charge is 0.377 e. The first-order valence-corrected chi connectivity index (χ1v) is 8.02. The fourth-order valence-corrected chi connectivity index (χ4v) is 3.69. The van der Waals surface area contributed by atoms with Crippen molar-refractivity contribution in [2.24, 2.45) is 0 Å². The standard InChI is InChI=1S/C15H13Cl2NS/c16-13-6-5-11(7-14(13)17)18-15-9-19-8-10-3-1-2-4-12(10)15/h1-7,15,18H,8-9H2. The topological polar surface area (TPSA) is 12.0 Å². The Bertz CT molecular complexity index is 600. The minimum Gasteiger partial charge on any atom is -0.377 e. The Morgan fingerprint density at radius 3 is 2.74 bits per heavy atom. The van der Waals surface area contributed by atoms with Crippen LogP contribution in [0.4, 0.5) is 5.69 Å². The molecule has 0 radical (unpaired) electrons. The predicted octanol–water partition coefficient (Wildman–Crippen LogP) is 5.39. The van der Waals surface area contributed by atoms with Gasteiger partial charge in [-0.3, -0.25) is 0 Å². The molecular formula is C15H13Cl2NS. The summed E-state index contributed by atoms with van der Waals surface area (Å²) >= 11 is 13.9. The predicted molar refractivity (Wildman–Crippen MR) is 85.4 cm³/mol. The molecule has 2 aromatic rings. The molecule has 1 aliphatic rings. The molecule has 1 atom stereocenters. The molecule has 1 aliphatic heterocycles. The number of rotatable bonds is 2. The van der Waals surface area contributed by atoms with Crippen molar-refractivity contribution in [3.05, 3.63) is 63.6 Å². The van der Waals surface area contributed by atoms with Crippen molar-refractivity contribution in [2.75, 3.05) is 11.1 Å². The molecular weight excluding hydrogens is 297 g/mol. The highest BCUT2D eigenvalue weighted by molar-refractivity contribution is 7.98. The van der Waals surface area contributed by atoms with E-state index in [4.69, 9.17) is 23.2 Å². The molecule has 1 unspecified atom stereocenters. The average Bonchev–Trinajstić information content (AvgIpc) is 2.43. The van der Waals surface area contributed by atoms with Gasteiger partial charge in [-0.05, 0) is 29.3 Å². The molecule has 0 saturated heterocycles. The van der Waals surface area contributed by atoms with E-state index >= 15 is 0 Å². The maximum atomic E-state index is 6.05. The zero-order valence-electron chi connectivity index (χ0n) is 10.2. The third-order valence-corrected chi connectivity index (χ3v) is 5.06. The molecule has 1 nitrogen and oxygen atoms in total. The number of hydrogen-bond acceptors (Lipinski definition) is 2. The highest BCUT2D eigenvalue weighted by Gasteiger charge is 2.19. The van der Waals surface area contributed by atoms with Crippen molar-refractivity contribution in [2.45, 2.75) is 11.8 Å². The zero-order valence-corrected chi connectivity index (χ0v) is 12.5. The van der Waals surface area contributed by atoms with Crippen LogP contribution in [-0.4, -0.2) is 5.75 Å². The third kappa shape index (κ3) is 2.86. The van der Waals surface area contributed by atoms with Crippen LogP contribution in [0.3, 0.4) is 0 Å². The zero-order chi connectivity index (χ0) is 13.2. The van der Waals surface area contributed by atoms with Crippen LogP contribution in [0.2, 0.25) is 10.0 Å². The van der Waals surface area contributed by atoms with Crippen molar-refractivity contribution < 1.29 is 0 Å². The highest BCUT2D eigenvalue weighted by Crippen LogP contribution is 2.34. The molecule has 0 aliphatic carbocycles. The molecule has 0 spiro atoms. The number of halogens is 2. The lowest BCUT2D eigenvalue weighted by molar-refractivity contribution is 0.871. The lowest BCUT2D eigenvalue weighted by Crippen LogP contribution is -2.18. The molecule has 1 N–H and O–H groups in total. The lowest BCUT2D eigenvalue weighted by atomic mass is 10.0. The summed E-state index contributed by atoms with van der Waals surface area (Å²) in [6.45, 7) is 0. The van der Waals surface area contributed by atoms with Crippen molar-refractivity contribution >= 4 is 40.7 Å². The van der Waals surface area contributed by atoms with Gasteiger partial charge < -0.3 is 5.32 Å². The SMILES string of the molecule is Clc1ccc(NC2CSCc3ccccc32)cc1Cl. The van der Waals surface area contributed by atoms with E-state index in [1.54, 1.807) is 0 Å². The van der Waals surface area contributed by atoms with Gasteiger partial charge in [0.1, 0.15) is 0 Å². The minimum absolute atomic E-state index is 0.326. The Kier molecular flexibility index (Phi) is 3.92. The fourth-order valence-electron chi connectivity index (χ4n) is 2.29. The summed E-state index contributed by atoms with van der Waals surface area (Å²) in [7, 11) is 0. The molecule has 0 amide bonds. The van der Waals surface area contributed by atoms with E-state index in [0.29, 0.717) is 16.1 Å². The van der Waals surface area contributed by atoms with Gasteiger partial charge in [0.15, 0.2) is 0 Å². The van der Waals surface area contributed by atoms with Crippen LogP contribution in [0.5, 0.6) is 0 Å². The first-order chi connectivity index (χ1) is 9.24. The summed E-state index contributed by atoms with van der Waals surface area (Å²) < 4.78 is 0. The minimum atomic E-state index is 0.326. The Balaban J connectivity index is 1.86. The second-order valence-electron chi connectivity index (χ2n) is 4.54. The number of fused-ring (bicyclic) bond motifs is 1. The van der Waals surface area contributed by atoms with E-state index in [-0.39, 0.29) is 0 Å². The van der Waals surface area contributed by atoms with Crippen LogP contribution in [0.1, 0.15) is 17.2 Å². The van der Waals surface area contributed by atoms with E-state index in [0.717, 1.165) is 17.2 Å². The molecule has 19 heavy (non-hydrogen) atoms. The summed E-state index contributed by atoms with van der Waals surface area (Å²) in [6.07, 6.45) is 0. The highest BCUT2D eigenvalue weighted by atomic mass is 35.5. The Hall–Kier alpha value is -0.830. The first-order valence-electron chi connectivity index (χ1n) is 6.11. The van der Waals surface area contributed by atoms with Gasteiger partial charge in [0, 0.05) is 17.2 Å². The van der Waals surface area contributed by atoms with Gasteiger partial charge in [-0.2, -0.15) is 11.8 Å². The second-order valence-corrected chi connectivity index (χ2v) is 6.38. The van der Waals surface area contributed by atoms with Crippen molar-refractivity contribution in [1.29, 1.82) is 0 Å². The molecule has 0 aromatic heterocycles. The molecule has 0 bridgehead atoms. The van der Waals surface area contributed by atoms with E-state index < -0.39 is 0 Å².